The quantitative estimate of drug-likeness (QED) is 0.416. The summed E-state index contributed by atoms with van der Waals surface area (Å²) in [5.41, 5.74) is 8.06. The number of hydrogen-bond acceptors (Lipinski definition) is 8. The van der Waals surface area contributed by atoms with Crippen molar-refractivity contribution in [3.8, 4) is 17.2 Å². The molecule has 37 heavy (non-hydrogen) atoms. The molecule has 10 heteroatoms. The Labute approximate surface area is 216 Å². The van der Waals surface area contributed by atoms with Crippen molar-refractivity contribution < 1.29 is 13.5 Å². The summed E-state index contributed by atoms with van der Waals surface area (Å²) < 4.78 is 38.4. The molecule has 2 aromatic heterocycles. The minimum atomic E-state index is -0.632. The van der Waals surface area contributed by atoms with Crippen LogP contribution in [0.2, 0.25) is 0 Å². The van der Waals surface area contributed by atoms with Gasteiger partial charge in [-0.1, -0.05) is 0 Å². The lowest BCUT2D eigenvalue weighted by molar-refractivity contribution is 0.135. The van der Waals surface area contributed by atoms with Crippen molar-refractivity contribution in [1.29, 1.82) is 5.26 Å². The van der Waals surface area contributed by atoms with Crippen LogP contribution in [0, 0.1) is 28.4 Å². The third-order valence-corrected chi connectivity index (χ3v) is 9.27. The van der Waals surface area contributed by atoms with Crippen molar-refractivity contribution in [1.82, 2.24) is 14.9 Å². The molecule has 4 heterocycles. The smallest absolute Gasteiger partial charge is 0.226 e. The van der Waals surface area contributed by atoms with E-state index in [1.165, 1.54) is 17.4 Å². The molecule has 0 amide bonds. The van der Waals surface area contributed by atoms with Gasteiger partial charge in [-0.2, -0.15) is 5.26 Å². The number of nitriles is 1. The minimum absolute atomic E-state index is 0.0362. The van der Waals surface area contributed by atoms with E-state index in [9.17, 15) is 5.26 Å². The number of fused-ring (bicyclic) bond motifs is 4. The first-order valence-electron chi connectivity index (χ1n) is 12.2. The lowest BCUT2D eigenvalue weighted by atomic mass is 9.90. The molecule has 188 valence electrons. The number of rotatable bonds is 3. The highest BCUT2D eigenvalue weighted by molar-refractivity contribution is 7.23. The maximum atomic E-state index is 16.5. The highest BCUT2D eigenvalue weighted by Crippen LogP contribution is 2.54. The lowest BCUT2D eigenvalue weighted by Crippen LogP contribution is -2.36. The van der Waals surface area contributed by atoms with Gasteiger partial charge in [0, 0.05) is 57.3 Å². The second-order valence-corrected chi connectivity index (χ2v) is 11.6. The van der Waals surface area contributed by atoms with Gasteiger partial charge in [-0.3, -0.25) is 0 Å². The predicted molar refractivity (Wildman–Crippen MR) is 139 cm³/mol. The molecule has 1 saturated heterocycles. The summed E-state index contributed by atoms with van der Waals surface area (Å²) in [5, 5.41) is 11.0. The van der Waals surface area contributed by atoms with Crippen LogP contribution in [0.4, 0.5) is 19.7 Å². The Morgan fingerprint density at radius 3 is 2.70 bits per heavy atom. The summed E-state index contributed by atoms with van der Waals surface area (Å²) in [6.07, 6.45) is 4.00. The lowest BCUT2D eigenvalue weighted by Gasteiger charge is -2.24. The molecule has 7 nitrogen and oxygen atoms in total. The Bertz CT molecular complexity index is 1670. The second-order valence-electron chi connectivity index (χ2n) is 10.5. The Balaban J connectivity index is 1.46. The molecule has 2 N–H and O–H groups in total. The number of aromatic nitrogens is 2. The fraction of sp³-hybridized carbons (Fsp3) is 0.370. The molecule has 3 aliphatic rings. The zero-order chi connectivity index (χ0) is 25.6. The standard InChI is InChI=1S/C27H24F2N6OS/c1-34(2)19-9-35(12-27(19)5-6-27)26-32-8-14-15-10-36-11-16(15)21(23(29)24(14)33-26)22-17(28)3-4-18-20(22)13(7-30)25(31)37-18/h3-4,8,19H,5-6,9-12,31H2,1-2H3/t19-/m1/s1. The number of hydrogen-bond donors (Lipinski definition) is 1. The molecule has 0 unspecified atom stereocenters. The zero-order valence-corrected chi connectivity index (χ0v) is 21.3. The van der Waals surface area contributed by atoms with Crippen LogP contribution in [0.5, 0.6) is 0 Å². The van der Waals surface area contributed by atoms with Crippen LogP contribution in [-0.4, -0.2) is 48.1 Å². The number of likely N-dealkylation sites (N-methyl/N-ethyl adjacent to an activating group) is 1. The van der Waals surface area contributed by atoms with E-state index in [2.05, 4.69) is 34.9 Å². The van der Waals surface area contributed by atoms with E-state index in [1.807, 2.05) is 0 Å². The Hall–Kier alpha value is -3.39. The summed E-state index contributed by atoms with van der Waals surface area (Å²) in [4.78, 5) is 13.7. The van der Waals surface area contributed by atoms with Gasteiger partial charge in [0.05, 0.1) is 18.8 Å². The number of benzene rings is 2. The van der Waals surface area contributed by atoms with Crippen LogP contribution < -0.4 is 10.6 Å². The highest BCUT2D eigenvalue weighted by Gasteiger charge is 2.56. The topological polar surface area (TPSA) is 91.3 Å². The molecule has 2 aliphatic heterocycles. The van der Waals surface area contributed by atoms with Crippen molar-refractivity contribution in [2.75, 3.05) is 37.8 Å². The van der Waals surface area contributed by atoms with Crippen LogP contribution in [0.15, 0.2) is 18.3 Å². The molecule has 4 aromatic rings. The molecule has 1 aliphatic carbocycles. The highest BCUT2D eigenvalue weighted by atomic mass is 32.1. The van der Waals surface area contributed by atoms with Crippen LogP contribution in [0.25, 0.3) is 32.1 Å². The van der Waals surface area contributed by atoms with Gasteiger partial charge in [-0.25, -0.2) is 18.7 Å². The number of nitrogen functional groups attached to an aromatic ring is 1. The largest absolute Gasteiger partial charge is 0.389 e. The van der Waals surface area contributed by atoms with Crippen molar-refractivity contribution in [3.63, 3.8) is 0 Å². The summed E-state index contributed by atoms with van der Waals surface area (Å²) in [5.74, 6) is -0.775. The molecule has 7 rings (SSSR count). The Morgan fingerprint density at radius 2 is 2.00 bits per heavy atom. The van der Waals surface area contributed by atoms with Gasteiger partial charge in [-0.15, -0.1) is 11.3 Å². The zero-order valence-electron chi connectivity index (χ0n) is 20.4. The van der Waals surface area contributed by atoms with Crippen LogP contribution in [0.3, 0.4) is 0 Å². The molecule has 2 fully saturated rings. The SMILES string of the molecule is CN(C)[C@@H]1CN(c2ncc3c4c(c(-c5c(F)ccc6sc(N)c(C#N)c56)c(F)c3n2)COC4)CC12CC2. The van der Waals surface area contributed by atoms with Gasteiger partial charge in [0.25, 0.3) is 0 Å². The molecule has 1 spiro atoms. The van der Waals surface area contributed by atoms with Crippen LogP contribution >= 0.6 is 11.3 Å². The summed E-state index contributed by atoms with van der Waals surface area (Å²) >= 11 is 1.19. The van der Waals surface area contributed by atoms with Crippen LogP contribution in [0.1, 0.15) is 29.5 Å². The van der Waals surface area contributed by atoms with Gasteiger partial charge in [0.2, 0.25) is 5.95 Å². The van der Waals surface area contributed by atoms with Crippen LogP contribution in [-0.2, 0) is 18.0 Å². The third kappa shape index (κ3) is 3.14. The third-order valence-electron chi connectivity index (χ3n) is 8.29. The minimum Gasteiger partial charge on any atom is -0.389 e. The maximum Gasteiger partial charge on any atom is 0.226 e. The van der Waals surface area contributed by atoms with Gasteiger partial charge in [0.1, 0.15) is 22.4 Å². The molecular formula is C27H24F2N6OS. The van der Waals surface area contributed by atoms with E-state index >= 15 is 8.78 Å². The number of thiophene rings is 1. The number of nitrogens with zero attached hydrogens (tertiary/aromatic N) is 5. The van der Waals surface area contributed by atoms with Gasteiger partial charge in [0.15, 0.2) is 5.82 Å². The fourth-order valence-corrected chi connectivity index (χ4v) is 7.25. The number of halogens is 2. The van der Waals surface area contributed by atoms with E-state index < -0.39 is 11.6 Å². The van der Waals surface area contributed by atoms with E-state index in [0.717, 1.165) is 31.5 Å². The van der Waals surface area contributed by atoms with E-state index in [0.29, 0.717) is 33.0 Å². The monoisotopic (exact) mass is 518 g/mol. The van der Waals surface area contributed by atoms with Gasteiger partial charge >= 0.3 is 0 Å². The Kier molecular flexibility index (Phi) is 4.81. The molecule has 1 atom stereocenters. The molecule has 1 saturated carbocycles. The normalized spacial score (nSPS) is 19.9. The average molecular weight is 519 g/mol. The second kappa shape index (κ2) is 7.81. The molecule has 0 bridgehead atoms. The van der Waals surface area contributed by atoms with E-state index in [-0.39, 0.29) is 45.8 Å². The number of nitrogens with two attached hydrogens (primary N) is 1. The van der Waals surface area contributed by atoms with E-state index in [4.69, 9.17) is 15.5 Å². The Morgan fingerprint density at radius 1 is 1.22 bits per heavy atom. The summed E-state index contributed by atoms with van der Waals surface area (Å²) in [6.45, 7) is 1.99. The summed E-state index contributed by atoms with van der Waals surface area (Å²) in [6, 6.07) is 5.35. The van der Waals surface area contributed by atoms with Crippen molar-refractivity contribution >= 4 is 43.3 Å². The van der Waals surface area contributed by atoms with Crippen molar-refractivity contribution in [3.05, 3.63) is 46.7 Å². The first-order valence-corrected chi connectivity index (χ1v) is 13.0. The number of anilines is 2. The van der Waals surface area contributed by atoms with E-state index in [1.54, 1.807) is 12.3 Å². The van der Waals surface area contributed by atoms with Gasteiger partial charge < -0.3 is 20.3 Å². The maximum absolute atomic E-state index is 16.5. The summed E-state index contributed by atoms with van der Waals surface area (Å²) in [7, 11) is 4.18. The molecule has 2 aromatic carbocycles. The first kappa shape index (κ1) is 22.8. The van der Waals surface area contributed by atoms with Gasteiger partial charge in [-0.05, 0) is 50.2 Å². The van der Waals surface area contributed by atoms with Crippen molar-refractivity contribution in [2.45, 2.75) is 32.1 Å². The number of ether oxygens (including phenoxy) is 1. The average Bonchev–Trinajstić information content (AvgIpc) is 3.19. The predicted octanol–water partition coefficient (Wildman–Crippen LogP) is 4.80. The van der Waals surface area contributed by atoms with Crippen molar-refractivity contribution in [2.24, 2.45) is 5.41 Å². The fourth-order valence-electron chi connectivity index (χ4n) is 6.32. The molecule has 0 radical (unpaired) electrons. The molecular weight excluding hydrogens is 494 g/mol. The first-order chi connectivity index (χ1) is 17.8.